The Morgan fingerprint density at radius 2 is 1.00 bits per heavy atom. The third-order valence-corrected chi connectivity index (χ3v) is 10.4. The number of hydrogen-bond acceptors (Lipinski definition) is 15. The SMILES string of the molecule is O.O.O.O.O=C1C2=C(C(=O)c3ccccc31)C(S(=O)(=O)[O-])C(Oc1ccccc1)(S(=O)(=O)[O-])C(S(=O)(=O)[O-])=C2S(=O)(=O)[O-].[Na+].[Na+].[Na+].[Na+]. The van der Waals surface area contributed by atoms with Crippen molar-refractivity contribution in [2.24, 2.45) is 0 Å². The number of ketones is 2. The van der Waals surface area contributed by atoms with Crippen LogP contribution < -0.4 is 123 Å². The maximum atomic E-state index is 13.4. The molecule has 0 radical (unpaired) electrons. The van der Waals surface area contributed by atoms with Crippen LogP contribution in [0.15, 0.2) is 75.6 Å². The fourth-order valence-electron chi connectivity index (χ4n) is 4.37. The van der Waals surface area contributed by atoms with Crippen LogP contribution in [0.2, 0.25) is 0 Å². The van der Waals surface area contributed by atoms with E-state index in [1.165, 1.54) is 6.07 Å². The van der Waals surface area contributed by atoms with Crippen LogP contribution in [-0.2, 0) is 40.5 Å². The van der Waals surface area contributed by atoms with Gasteiger partial charge in [-0.25, -0.2) is 33.7 Å². The van der Waals surface area contributed by atoms with Crippen LogP contribution in [0.5, 0.6) is 5.75 Å². The van der Waals surface area contributed by atoms with E-state index in [1.807, 2.05) is 0 Å². The first-order chi connectivity index (χ1) is 17.7. The van der Waals surface area contributed by atoms with Crippen LogP contribution in [-0.4, -0.2) is 95.5 Å². The Morgan fingerprint density at radius 1 is 0.596 bits per heavy atom. The number of rotatable bonds is 6. The predicted octanol–water partition coefficient (Wildman–Crippen LogP) is -16.4. The van der Waals surface area contributed by atoms with Crippen molar-refractivity contribution in [1.29, 1.82) is 0 Å². The van der Waals surface area contributed by atoms with Crippen molar-refractivity contribution in [3.05, 3.63) is 86.7 Å². The molecule has 0 bridgehead atoms. The zero-order valence-corrected chi connectivity index (χ0v) is 35.8. The molecular weight excluding hydrogens is 764 g/mol. The Labute approximate surface area is 356 Å². The first kappa shape index (κ1) is 56.9. The number of hydrogen-bond donors (Lipinski definition) is 0. The van der Waals surface area contributed by atoms with Crippen molar-refractivity contribution in [2.45, 2.75) is 10.2 Å². The van der Waals surface area contributed by atoms with E-state index in [-0.39, 0.29) is 140 Å². The van der Waals surface area contributed by atoms with E-state index in [0.29, 0.717) is 0 Å². The van der Waals surface area contributed by atoms with Gasteiger partial charge < -0.3 is 44.9 Å². The second kappa shape index (κ2) is 19.4. The fourth-order valence-corrected chi connectivity index (χ4v) is 10.1. The molecule has 0 heterocycles. The molecule has 2 atom stereocenters. The van der Waals surface area contributed by atoms with E-state index in [1.54, 1.807) is 0 Å². The summed E-state index contributed by atoms with van der Waals surface area (Å²) < 4.78 is 156. The zero-order valence-electron chi connectivity index (χ0n) is 24.5. The summed E-state index contributed by atoms with van der Waals surface area (Å²) >= 11 is 0. The van der Waals surface area contributed by atoms with Gasteiger partial charge in [-0.1, -0.05) is 42.5 Å². The molecule has 2 aliphatic rings. The molecule has 27 heteroatoms. The molecule has 0 saturated heterocycles. The predicted molar refractivity (Wildman–Crippen MR) is 136 cm³/mol. The van der Waals surface area contributed by atoms with Crippen LogP contribution >= 0.6 is 0 Å². The standard InChI is InChI=1S/C20H14O15S4.4Na.4H2O/c21-15-11-8-4-5-9-12(11)16(22)14-13(15)17(36(23,24)25)19(38(29,30)31)20(39(32,33)34,18(14)37(26,27)28)35-10-6-2-1-3-7-10;;;;;;;;/h1-9,18H,(H,23,24,25)(H,26,27,28)(H,29,30,31)(H,32,33,34);;;;;4*1H2/q;4*+1;;;;/p-4. The molecule has 0 spiro atoms. The first-order valence-electron chi connectivity index (χ1n) is 9.98. The Kier molecular flexibility index (Phi) is 23.5. The van der Waals surface area contributed by atoms with E-state index in [9.17, 15) is 61.5 Å². The molecule has 0 saturated carbocycles. The minimum absolute atomic E-state index is 0. The third-order valence-electron chi connectivity index (χ3n) is 5.69. The number of allylic oxidation sites excluding steroid dienone is 1. The van der Waals surface area contributed by atoms with Crippen molar-refractivity contribution in [3.63, 3.8) is 0 Å². The molecule has 0 fully saturated rings. The minimum Gasteiger partial charge on any atom is -0.747 e. The Hall–Kier alpha value is 0.540. The first-order valence-corrected chi connectivity index (χ1v) is 15.7. The van der Waals surface area contributed by atoms with Gasteiger partial charge >= 0.3 is 118 Å². The Morgan fingerprint density at radius 3 is 1.36 bits per heavy atom. The number of carbonyl (C=O) groups is 2. The summed E-state index contributed by atoms with van der Waals surface area (Å²) in [6.07, 6.45) is 0. The van der Waals surface area contributed by atoms with Crippen LogP contribution in [0.1, 0.15) is 20.7 Å². The van der Waals surface area contributed by atoms with E-state index < -0.39 is 100 Å². The number of para-hydroxylation sites is 1. The summed E-state index contributed by atoms with van der Waals surface area (Å²) in [7, 11) is -26.8. The molecule has 19 nitrogen and oxygen atoms in total. The van der Waals surface area contributed by atoms with Crippen molar-refractivity contribution >= 4 is 52.0 Å². The second-order valence-corrected chi connectivity index (χ2v) is 13.6. The summed E-state index contributed by atoms with van der Waals surface area (Å²) in [5.41, 5.74) is -5.19. The molecule has 8 N–H and O–H groups in total. The molecule has 0 aromatic heterocycles. The van der Waals surface area contributed by atoms with Crippen LogP contribution in [0.25, 0.3) is 0 Å². The van der Waals surface area contributed by atoms with Gasteiger partial charge in [0.1, 0.15) is 56.4 Å². The van der Waals surface area contributed by atoms with Crippen LogP contribution in [0.4, 0.5) is 0 Å². The molecule has 240 valence electrons. The number of fused-ring (bicyclic) bond motifs is 1. The quantitative estimate of drug-likeness (QED) is 0.194. The smallest absolute Gasteiger partial charge is 0.747 e. The van der Waals surface area contributed by atoms with Gasteiger partial charge in [0.2, 0.25) is 0 Å². The maximum absolute atomic E-state index is 13.4. The average Bonchev–Trinajstić information content (AvgIpc) is 2.79. The Bertz CT molecular complexity index is 1980. The molecule has 0 amide bonds. The topological polar surface area (TPSA) is 398 Å². The van der Waals surface area contributed by atoms with Gasteiger partial charge in [-0.05, 0) is 12.1 Å². The minimum atomic E-state index is -6.90. The molecule has 4 rings (SSSR count). The van der Waals surface area contributed by atoms with E-state index in [2.05, 4.69) is 0 Å². The maximum Gasteiger partial charge on any atom is 1.00 e. The zero-order chi connectivity index (χ0) is 29.3. The van der Waals surface area contributed by atoms with Gasteiger partial charge in [-0.2, -0.15) is 0 Å². The average molecular weight is 783 g/mol. The van der Waals surface area contributed by atoms with Crippen LogP contribution in [0.3, 0.4) is 0 Å². The van der Waals surface area contributed by atoms with Crippen LogP contribution in [0, 0.1) is 0 Å². The van der Waals surface area contributed by atoms with Crippen molar-refractivity contribution in [3.8, 4) is 5.75 Å². The summed E-state index contributed by atoms with van der Waals surface area (Å²) in [6, 6.07) is 8.88. The number of benzene rings is 2. The van der Waals surface area contributed by atoms with Gasteiger partial charge in [0.15, 0.2) is 11.6 Å². The molecule has 2 aromatic rings. The summed E-state index contributed by atoms with van der Waals surface area (Å²) in [6.45, 7) is 0. The van der Waals surface area contributed by atoms with Gasteiger partial charge in [0.05, 0.1) is 4.91 Å². The van der Waals surface area contributed by atoms with Gasteiger partial charge in [-0.3, -0.25) is 9.59 Å². The van der Waals surface area contributed by atoms with E-state index in [0.717, 1.165) is 48.5 Å². The van der Waals surface area contributed by atoms with Crippen molar-refractivity contribution in [1.82, 2.24) is 0 Å². The summed E-state index contributed by atoms with van der Waals surface area (Å²) in [4.78, 5) is 16.5. The van der Waals surface area contributed by atoms with Crippen molar-refractivity contribution in [2.75, 3.05) is 0 Å². The molecule has 2 aromatic carbocycles. The summed E-state index contributed by atoms with van der Waals surface area (Å²) in [5, 5.41) is -3.85. The van der Waals surface area contributed by atoms with E-state index in [4.69, 9.17) is 4.74 Å². The monoisotopic (exact) mass is 782 g/mol. The van der Waals surface area contributed by atoms with Gasteiger partial charge in [0, 0.05) is 22.3 Å². The number of Topliss-reactive ketones (excluding diaryl/α,β-unsaturated/α-hetero) is 2. The van der Waals surface area contributed by atoms with Gasteiger partial charge in [-0.15, -0.1) is 0 Å². The number of carbonyl (C=O) groups excluding carboxylic acids is 2. The van der Waals surface area contributed by atoms with E-state index >= 15 is 0 Å². The second-order valence-electron chi connectivity index (χ2n) is 7.97. The molecule has 2 unspecified atom stereocenters. The van der Waals surface area contributed by atoms with Gasteiger partial charge in [0.25, 0.3) is 4.93 Å². The Balaban J connectivity index is -0.000000735. The fraction of sp³-hybridized carbons (Fsp3) is 0.100. The molecular formula is C20H18Na4O19S4. The number of ether oxygens (including phenoxy) is 1. The molecule has 0 aliphatic heterocycles. The molecule has 47 heavy (non-hydrogen) atoms. The van der Waals surface area contributed by atoms with Crippen molar-refractivity contribution < 1.29 is 206 Å². The largest absolute Gasteiger partial charge is 1.00 e. The third kappa shape index (κ3) is 10.1. The molecule has 2 aliphatic carbocycles. The summed E-state index contributed by atoms with van der Waals surface area (Å²) in [5.74, 6) is -4.40. The normalized spacial score (nSPS) is 18.6.